The first kappa shape index (κ1) is 16.3. The van der Waals surface area contributed by atoms with Crippen molar-refractivity contribution in [1.29, 1.82) is 0 Å². The van der Waals surface area contributed by atoms with Crippen LogP contribution < -0.4 is 0 Å². The lowest BCUT2D eigenvalue weighted by atomic mass is 10.0. The minimum atomic E-state index is -6.24. The van der Waals surface area contributed by atoms with Crippen LogP contribution in [-0.4, -0.2) is 35.6 Å². The molecule has 20 heavy (non-hydrogen) atoms. The fraction of sp³-hybridized carbons (Fsp3) is 0.500. The summed E-state index contributed by atoms with van der Waals surface area (Å²) in [5, 5.41) is 8.66. The largest absolute Gasteiger partial charge is 0.469 e. The summed E-state index contributed by atoms with van der Waals surface area (Å²) in [6, 6.07) is 2.81. The van der Waals surface area contributed by atoms with E-state index in [-0.39, 0.29) is 12.2 Å². The predicted molar refractivity (Wildman–Crippen MR) is 50.4 cm³/mol. The zero-order valence-electron chi connectivity index (χ0n) is 9.59. The van der Waals surface area contributed by atoms with Crippen LogP contribution in [0, 0.1) is 0 Å². The lowest BCUT2D eigenvalue weighted by molar-refractivity contribution is -0.356. The molecule has 0 amide bonds. The highest BCUT2D eigenvalue weighted by Gasteiger charge is 2.76. The van der Waals surface area contributed by atoms with Crippen molar-refractivity contribution in [3.8, 4) is 0 Å². The molecule has 1 aromatic heterocycles. The van der Waals surface area contributed by atoms with E-state index < -0.39 is 30.5 Å². The Labute approximate surface area is 107 Å². The fourth-order valence-corrected chi connectivity index (χ4v) is 1.20. The average Bonchev–Trinajstić information content (AvgIpc) is 2.77. The Hall–Kier alpha value is -1.71. The first-order valence-corrected chi connectivity index (χ1v) is 5.05. The normalized spacial score (nSPS) is 13.3. The third-order valence-corrected chi connectivity index (χ3v) is 2.28. The molecule has 10 heteroatoms. The van der Waals surface area contributed by atoms with E-state index in [0.717, 1.165) is 0 Å². The zero-order valence-corrected chi connectivity index (χ0v) is 9.59. The number of rotatable bonds is 4. The number of carbonyl (C=O) groups excluding carboxylic acids is 1. The molecule has 0 aliphatic heterocycles. The van der Waals surface area contributed by atoms with Crippen LogP contribution in [0.4, 0.5) is 26.3 Å². The van der Waals surface area contributed by atoms with Crippen LogP contribution >= 0.6 is 0 Å². The molecule has 0 fully saturated rings. The molecule has 0 radical (unpaired) electrons. The topological polar surface area (TPSA) is 59.7 Å². The number of alkyl halides is 6. The number of furan rings is 1. The quantitative estimate of drug-likeness (QED) is 0.684. The highest BCUT2D eigenvalue weighted by molar-refractivity contribution is 5.81. The van der Waals surface area contributed by atoms with Gasteiger partial charge in [0, 0.05) is 6.42 Å². The van der Waals surface area contributed by atoms with E-state index >= 15 is 0 Å². The van der Waals surface area contributed by atoms with Gasteiger partial charge in [0.25, 0.3) is 0 Å². The molecule has 0 spiro atoms. The summed E-state index contributed by atoms with van der Waals surface area (Å²) < 4.78 is 82.2. The summed E-state index contributed by atoms with van der Waals surface area (Å²) in [5.41, 5.74) is -5.55. The Morgan fingerprint density at radius 1 is 1.20 bits per heavy atom. The van der Waals surface area contributed by atoms with Crippen LogP contribution in [0.1, 0.15) is 5.76 Å². The summed E-state index contributed by atoms with van der Waals surface area (Å²) in [4.78, 5) is 10.9. The summed E-state index contributed by atoms with van der Waals surface area (Å²) in [6.07, 6.45) is -11.5. The van der Waals surface area contributed by atoms with Crippen molar-refractivity contribution < 1.29 is 45.4 Å². The summed E-state index contributed by atoms with van der Waals surface area (Å²) in [5.74, 6) is -2.63. The first-order valence-electron chi connectivity index (χ1n) is 5.05. The number of esters is 1. The minimum Gasteiger partial charge on any atom is -0.469 e. The van der Waals surface area contributed by atoms with Gasteiger partial charge in [0.05, 0.1) is 12.9 Å². The Balaban J connectivity index is 2.75. The molecule has 4 nitrogen and oxygen atoms in total. The van der Waals surface area contributed by atoms with Crippen LogP contribution in [-0.2, 0) is 16.0 Å². The van der Waals surface area contributed by atoms with Crippen molar-refractivity contribution in [1.82, 2.24) is 0 Å². The zero-order chi connectivity index (χ0) is 15.6. The van der Waals surface area contributed by atoms with E-state index in [2.05, 4.69) is 4.74 Å². The van der Waals surface area contributed by atoms with Gasteiger partial charge in [-0.25, -0.2) is 4.79 Å². The smallest absolute Gasteiger partial charge is 0.437 e. The van der Waals surface area contributed by atoms with Gasteiger partial charge in [-0.2, -0.15) is 26.3 Å². The second-order valence-electron chi connectivity index (χ2n) is 3.67. The Bertz CT molecular complexity index is 433. The maximum absolute atomic E-state index is 12.3. The second kappa shape index (κ2) is 5.35. The van der Waals surface area contributed by atoms with E-state index in [4.69, 9.17) is 9.52 Å². The van der Waals surface area contributed by atoms with Crippen LogP contribution in [0.25, 0.3) is 0 Å². The summed E-state index contributed by atoms with van der Waals surface area (Å²) in [6.45, 7) is -0.805. The minimum absolute atomic E-state index is 0.195. The van der Waals surface area contributed by atoms with E-state index in [1.54, 1.807) is 0 Å². The molecular formula is C10H8F6O4. The maximum Gasteiger partial charge on any atom is 0.437 e. The molecule has 0 aliphatic rings. The van der Waals surface area contributed by atoms with Crippen molar-refractivity contribution in [2.45, 2.75) is 24.4 Å². The molecule has 0 atom stereocenters. The van der Waals surface area contributed by atoms with Crippen molar-refractivity contribution in [3.63, 3.8) is 0 Å². The number of aliphatic hydroxyl groups is 1. The standard InChI is InChI=1S/C10H8F6O4/c11-9(12,13)8(18,10(14,15)16)7(17)20-5-3-6-2-1-4-19-6/h1-2,4,18H,3,5H2. The van der Waals surface area contributed by atoms with Crippen molar-refractivity contribution in [3.05, 3.63) is 24.2 Å². The van der Waals surface area contributed by atoms with E-state index in [9.17, 15) is 31.1 Å². The Kier molecular flexibility index (Phi) is 4.37. The van der Waals surface area contributed by atoms with Crippen molar-refractivity contribution in [2.24, 2.45) is 0 Å². The third-order valence-electron chi connectivity index (χ3n) is 2.28. The van der Waals surface area contributed by atoms with E-state index in [0.29, 0.717) is 0 Å². The molecule has 1 rings (SSSR count). The Morgan fingerprint density at radius 3 is 2.15 bits per heavy atom. The van der Waals surface area contributed by atoms with Gasteiger partial charge in [-0.1, -0.05) is 0 Å². The molecule has 0 saturated carbocycles. The molecule has 0 saturated heterocycles. The van der Waals surface area contributed by atoms with E-state index in [1.807, 2.05) is 0 Å². The molecular weight excluding hydrogens is 298 g/mol. The molecule has 0 unspecified atom stereocenters. The lowest BCUT2D eigenvalue weighted by Crippen LogP contribution is -2.63. The Morgan fingerprint density at radius 2 is 1.75 bits per heavy atom. The fourth-order valence-electron chi connectivity index (χ4n) is 1.20. The summed E-state index contributed by atoms with van der Waals surface area (Å²) in [7, 11) is 0. The van der Waals surface area contributed by atoms with Crippen molar-refractivity contribution in [2.75, 3.05) is 6.61 Å². The van der Waals surface area contributed by atoms with Crippen molar-refractivity contribution >= 4 is 5.97 Å². The highest BCUT2D eigenvalue weighted by Crippen LogP contribution is 2.43. The molecule has 1 N–H and O–H groups in total. The first-order chi connectivity index (χ1) is 9.00. The molecule has 114 valence electrons. The third kappa shape index (κ3) is 3.06. The predicted octanol–water partition coefficient (Wildman–Crippen LogP) is 2.22. The average molecular weight is 306 g/mol. The number of ether oxygens (including phenoxy) is 1. The van der Waals surface area contributed by atoms with Crippen LogP contribution in [0.5, 0.6) is 0 Å². The van der Waals surface area contributed by atoms with Gasteiger partial charge < -0.3 is 14.3 Å². The molecule has 0 aromatic carbocycles. The molecule has 0 bridgehead atoms. The second-order valence-corrected chi connectivity index (χ2v) is 3.67. The highest BCUT2D eigenvalue weighted by atomic mass is 19.4. The number of hydrogen-bond donors (Lipinski definition) is 1. The van der Waals surface area contributed by atoms with Gasteiger partial charge in [0.1, 0.15) is 5.76 Å². The SMILES string of the molecule is O=C(OCCc1ccco1)C(O)(C(F)(F)F)C(F)(F)F. The molecule has 1 aromatic rings. The van der Waals surface area contributed by atoms with Gasteiger partial charge in [-0.05, 0) is 12.1 Å². The van der Waals surface area contributed by atoms with Crippen LogP contribution in [0.15, 0.2) is 22.8 Å². The van der Waals surface area contributed by atoms with Crippen LogP contribution in [0.3, 0.4) is 0 Å². The van der Waals surface area contributed by atoms with Crippen LogP contribution in [0.2, 0.25) is 0 Å². The lowest BCUT2D eigenvalue weighted by Gasteiger charge is -2.29. The monoisotopic (exact) mass is 306 g/mol. The van der Waals surface area contributed by atoms with Gasteiger partial charge in [0.2, 0.25) is 0 Å². The number of halogens is 6. The van der Waals surface area contributed by atoms with Gasteiger partial charge in [0.15, 0.2) is 0 Å². The molecule has 0 aliphatic carbocycles. The maximum atomic E-state index is 12.3. The summed E-state index contributed by atoms with van der Waals surface area (Å²) >= 11 is 0. The van der Waals surface area contributed by atoms with Gasteiger partial charge >= 0.3 is 23.9 Å². The van der Waals surface area contributed by atoms with Gasteiger partial charge in [-0.15, -0.1) is 0 Å². The number of carbonyl (C=O) groups is 1. The molecule has 1 heterocycles. The van der Waals surface area contributed by atoms with E-state index in [1.165, 1.54) is 18.4 Å². The number of hydrogen-bond acceptors (Lipinski definition) is 4. The van der Waals surface area contributed by atoms with Gasteiger partial charge in [-0.3, -0.25) is 0 Å².